The third-order valence-corrected chi connectivity index (χ3v) is 4.38. The molecule has 1 aromatic rings. The molecule has 0 fully saturated rings. The first-order valence-corrected chi connectivity index (χ1v) is 11.1. The van der Waals surface area contributed by atoms with E-state index in [1.807, 2.05) is 30.3 Å². The van der Waals surface area contributed by atoms with Crippen molar-refractivity contribution in [1.82, 2.24) is 0 Å². The van der Waals surface area contributed by atoms with Crippen LogP contribution in [-0.2, 0) is 32.7 Å². The van der Waals surface area contributed by atoms with Crippen molar-refractivity contribution in [3.63, 3.8) is 0 Å². The van der Waals surface area contributed by atoms with Gasteiger partial charge in [0, 0.05) is 0 Å². The lowest BCUT2D eigenvalue weighted by atomic mass is 10.3. The Hall–Kier alpha value is -1.59. The van der Waals surface area contributed by atoms with E-state index in [4.69, 9.17) is 28.6 Å². The van der Waals surface area contributed by atoms with Gasteiger partial charge in [-0.05, 0) is 12.1 Å². The number of rotatable bonds is 20. The van der Waals surface area contributed by atoms with Gasteiger partial charge in [-0.3, -0.25) is 4.52 Å². The number of ether oxygens (including phenoxy) is 5. The average Bonchev–Trinajstić information content (AvgIpc) is 2.78. The van der Waals surface area contributed by atoms with Crippen LogP contribution in [0, 0.1) is 0 Å². The van der Waals surface area contributed by atoms with Crippen LogP contribution >= 0.6 is 7.82 Å². The van der Waals surface area contributed by atoms with Gasteiger partial charge in [-0.15, -0.1) is 13.2 Å². The molecule has 0 bridgehead atoms. The normalized spacial score (nSPS) is 15.0. The summed E-state index contributed by atoms with van der Waals surface area (Å²) in [6.45, 7) is 8.69. The maximum atomic E-state index is 11.2. The standard InChI is InChI=1S/C20H32NO9P/c1-3-10-24-14-19(26-12-13-29-31(22,23)30-21)16-28-20(15-25-11-4-2)17-27-18-8-6-5-7-9-18/h3-9,19-20H,1-2,10-17,21H2,(H,22,23). The first kappa shape index (κ1) is 27.4. The summed E-state index contributed by atoms with van der Waals surface area (Å²) in [4.78, 5) is 9.13. The van der Waals surface area contributed by atoms with Crippen LogP contribution in [0.4, 0.5) is 0 Å². The molecule has 0 spiro atoms. The highest BCUT2D eigenvalue weighted by atomic mass is 31.2. The van der Waals surface area contributed by atoms with Gasteiger partial charge in [0.15, 0.2) is 0 Å². The molecule has 0 aliphatic heterocycles. The van der Waals surface area contributed by atoms with Gasteiger partial charge in [0.05, 0.1) is 46.2 Å². The Morgan fingerprint density at radius 1 is 0.935 bits per heavy atom. The summed E-state index contributed by atoms with van der Waals surface area (Å²) in [7, 11) is -4.26. The number of para-hydroxylation sites is 1. The molecule has 0 saturated carbocycles. The monoisotopic (exact) mass is 461 g/mol. The van der Waals surface area contributed by atoms with Crippen molar-refractivity contribution in [2.45, 2.75) is 12.2 Å². The van der Waals surface area contributed by atoms with Gasteiger partial charge < -0.3 is 28.6 Å². The molecular formula is C20H32NO9P. The SMILES string of the molecule is C=CCOCC(COc1ccccc1)OCC(COCC=C)OCCOP(=O)(O)ON. The van der Waals surface area contributed by atoms with E-state index in [2.05, 4.69) is 28.2 Å². The lowest BCUT2D eigenvalue weighted by Crippen LogP contribution is -2.34. The number of nitrogens with two attached hydrogens (primary N) is 1. The molecular weight excluding hydrogens is 429 g/mol. The summed E-state index contributed by atoms with van der Waals surface area (Å²) in [5.41, 5.74) is 0. The van der Waals surface area contributed by atoms with Crippen molar-refractivity contribution < 1.29 is 42.3 Å². The van der Waals surface area contributed by atoms with Crippen LogP contribution < -0.4 is 10.6 Å². The molecule has 0 aliphatic rings. The van der Waals surface area contributed by atoms with Gasteiger partial charge in [-0.2, -0.15) is 0 Å². The lowest BCUT2D eigenvalue weighted by Gasteiger charge is -2.23. The molecule has 31 heavy (non-hydrogen) atoms. The number of hydrogen-bond acceptors (Lipinski definition) is 9. The number of phosphoric ester groups is 1. The Morgan fingerprint density at radius 3 is 2.13 bits per heavy atom. The molecule has 1 aromatic carbocycles. The van der Waals surface area contributed by atoms with Gasteiger partial charge in [-0.25, -0.2) is 15.1 Å². The first-order valence-electron chi connectivity index (χ1n) is 9.65. The highest BCUT2D eigenvalue weighted by Crippen LogP contribution is 2.40. The van der Waals surface area contributed by atoms with Crippen molar-refractivity contribution >= 4 is 7.82 Å². The average molecular weight is 461 g/mol. The van der Waals surface area contributed by atoms with Gasteiger partial charge in [0.2, 0.25) is 0 Å². The Morgan fingerprint density at radius 2 is 1.55 bits per heavy atom. The van der Waals surface area contributed by atoms with E-state index < -0.39 is 13.9 Å². The Labute approximate surface area is 183 Å². The van der Waals surface area contributed by atoms with E-state index in [1.165, 1.54) is 0 Å². The lowest BCUT2D eigenvalue weighted by molar-refractivity contribution is -0.0999. The zero-order valence-electron chi connectivity index (χ0n) is 17.5. The van der Waals surface area contributed by atoms with E-state index in [9.17, 15) is 4.57 Å². The van der Waals surface area contributed by atoms with Crippen molar-refractivity contribution in [2.75, 3.05) is 52.9 Å². The maximum Gasteiger partial charge on any atom is 0.488 e. The van der Waals surface area contributed by atoms with Crippen LogP contribution in [0.25, 0.3) is 0 Å². The van der Waals surface area contributed by atoms with Gasteiger partial charge in [-0.1, -0.05) is 30.4 Å². The molecule has 10 nitrogen and oxygen atoms in total. The fraction of sp³-hybridized carbons (Fsp3) is 0.500. The second-order valence-corrected chi connectivity index (χ2v) is 7.54. The summed E-state index contributed by atoms with van der Waals surface area (Å²) in [5, 5.41) is 0. The van der Waals surface area contributed by atoms with Crippen LogP contribution in [0.2, 0.25) is 0 Å². The van der Waals surface area contributed by atoms with Crippen LogP contribution in [0.5, 0.6) is 5.75 Å². The molecule has 0 heterocycles. The number of hydrogen-bond donors (Lipinski definition) is 2. The molecule has 0 amide bonds. The highest BCUT2D eigenvalue weighted by Gasteiger charge is 2.20. The smallest absolute Gasteiger partial charge is 0.488 e. The predicted molar refractivity (Wildman–Crippen MR) is 114 cm³/mol. The largest absolute Gasteiger partial charge is 0.491 e. The van der Waals surface area contributed by atoms with Crippen molar-refractivity contribution in [1.29, 1.82) is 0 Å². The summed E-state index contributed by atoms with van der Waals surface area (Å²) < 4.78 is 47.9. The third-order valence-electron chi connectivity index (χ3n) is 3.60. The zero-order chi connectivity index (χ0) is 22.8. The topological polar surface area (TPSA) is 128 Å². The second-order valence-electron chi connectivity index (χ2n) is 6.13. The molecule has 0 aromatic heterocycles. The summed E-state index contributed by atoms with van der Waals surface area (Å²) >= 11 is 0. The van der Waals surface area contributed by atoms with E-state index >= 15 is 0 Å². The van der Waals surface area contributed by atoms with Gasteiger partial charge >= 0.3 is 7.82 Å². The summed E-state index contributed by atoms with van der Waals surface area (Å²) in [6.07, 6.45) is 2.42. The molecule has 3 unspecified atom stereocenters. The van der Waals surface area contributed by atoms with Gasteiger partial charge in [0.1, 0.15) is 24.6 Å². The third kappa shape index (κ3) is 14.2. The Bertz CT molecular complexity index is 647. The molecule has 176 valence electrons. The minimum absolute atomic E-state index is 0.00245. The molecule has 3 N–H and O–H groups in total. The van der Waals surface area contributed by atoms with E-state index in [0.717, 1.165) is 5.75 Å². The second kappa shape index (κ2) is 17.0. The quantitative estimate of drug-likeness (QED) is 0.129. The Balaban J connectivity index is 2.53. The van der Waals surface area contributed by atoms with E-state index in [0.29, 0.717) is 19.8 Å². The van der Waals surface area contributed by atoms with Crippen LogP contribution in [-0.4, -0.2) is 70.0 Å². The van der Waals surface area contributed by atoms with Crippen molar-refractivity contribution in [3.05, 3.63) is 55.6 Å². The van der Waals surface area contributed by atoms with Crippen LogP contribution in [0.3, 0.4) is 0 Å². The van der Waals surface area contributed by atoms with Crippen LogP contribution in [0.15, 0.2) is 55.6 Å². The highest BCUT2D eigenvalue weighted by molar-refractivity contribution is 7.47. The van der Waals surface area contributed by atoms with Crippen molar-refractivity contribution in [2.24, 2.45) is 5.90 Å². The van der Waals surface area contributed by atoms with E-state index in [1.54, 1.807) is 12.2 Å². The summed E-state index contributed by atoms with van der Waals surface area (Å²) in [6, 6.07) is 9.36. The fourth-order valence-electron chi connectivity index (χ4n) is 2.20. The van der Waals surface area contributed by atoms with Crippen LogP contribution in [0.1, 0.15) is 0 Å². The summed E-state index contributed by atoms with van der Waals surface area (Å²) in [5.74, 6) is 5.39. The Kier molecular flexibility index (Phi) is 15.1. The fourth-order valence-corrected chi connectivity index (χ4v) is 2.57. The van der Waals surface area contributed by atoms with Gasteiger partial charge in [0.25, 0.3) is 0 Å². The molecule has 1 rings (SSSR count). The molecule has 11 heteroatoms. The maximum absolute atomic E-state index is 11.2. The first-order chi connectivity index (χ1) is 15.0. The molecule has 3 atom stereocenters. The number of phosphoric acid groups is 1. The van der Waals surface area contributed by atoms with Crippen molar-refractivity contribution in [3.8, 4) is 5.75 Å². The molecule has 0 saturated heterocycles. The molecule has 0 aliphatic carbocycles. The zero-order valence-corrected chi connectivity index (χ0v) is 18.4. The number of benzene rings is 1. The minimum Gasteiger partial charge on any atom is -0.491 e. The van der Waals surface area contributed by atoms with E-state index in [-0.39, 0.29) is 39.1 Å². The predicted octanol–water partition coefficient (Wildman–Crippen LogP) is 2.25. The molecule has 0 radical (unpaired) electrons. The minimum atomic E-state index is -4.26.